The second-order valence-electron chi connectivity index (χ2n) is 3.99. The summed E-state index contributed by atoms with van der Waals surface area (Å²) in [5, 5.41) is 1.15. The van der Waals surface area contributed by atoms with Crippen molar-refractivity contribution in [1.82, 2.24) is 4.98 Å². The minimum absolute atomic E-state index is 0. The van der Waals surface area contributed by atoms with Crippen LogP contribution in [0.15, 0.2) is 41.5 Å². The number of nitrogens with zero attached hydrogens (tertiary/aromatic N) is 2. The molecule has 0 saturated carbocycles. The fourth-order valence-electron chi connectivity index (χ4n) is 2.07. The van der Waals surface area contributed by atoms with Crippen LogP contribution in [0.3, 0.4) is 0 Å². The van der Waals surface area contributed by atoms with E-state index in [1.165, 1.54) is 5.56 Å². The van der Waals surface area contributed by atoms with E-state index in [4.69, 9.17) is 0 Å². The van der Waals surface area contributed by atoms with Gasteiger partial charge < -0.3 is 0 Å². The molecule has 0 saturated heterocycles. The number of aryl methyl sites for hydroxylation is 1. The lowest BCUT2D eigenvalue weighted by atomic mass is 10.0. The van der Waals surface area contributed by atoms with Crippen LogP contribution in [-0.2, 0) is 6.42 Å². The molecule has 2 aromatic rings. The first-order valence-electron chi connectivity index (χ1n) is 8.60. The summed E-state index contributed by atoms with van der Waals surface area (Å²) in [7, 11) is 0. The van der Waals surface area contributed by atoms with Gasteiger partial charge in [-0.3, -0.25) is 4.98 Å². The highest BCUT2D eigenvalue weighted by Gasteiger charge is 2.08. The Labute approximate surface area is 143 Å². The van der Waals surface area contributed by atoms with E-state index in [2.05, 4.69) is 34.0 Å². The molecule has 0 aliphatic carbocycles. The highest BCUT2D eigenvalue weighted by molar-refractivity contribution is 5.91. The second kappa shape index (κ2) is 15.0. The molecule has 0 N–H and O–H groups in total. The van der Waals surface area contributed by atoms with Gasteiger partial charge in [0.15, 0.2) is 0 Å². The Bertz CT molecular complexity index is 594. The van der Waals surface area contributed by atoms with Gasteiger partial charge in [0, 0.05) is 11.6 Å². The highest BCUT2D eigenvalue weighted by Crippen LogP contribution is 2.29. The molecule has 0 radical (unpaired) electrons. The van der Waals surface area contributed by atoms with Crippen LogP contribution >= 0.6 is 0 Å². The normalized spacial score (nSPS) is 10.9. The fourth-order valence-corrected chi connectivity index (χ4v) is 2.07. The number of hydrogen-bond donors (Lipinski definition) is 0. The van der Waals surface area contributed by atoms with Crippen LogP contribution in [-0.4, -0.2) is 10.9 Å². The van der Waals surface area contributed by atoms with Crippen molar-refractivity contribution in [3.05, 3.63) is 42.1 Å². The standard InChI is InChI=1S/C14H12N2.3C2H6.CH4/c1-2-5-11-7-8-12-6-4-10-16-14(12)13(11)15-9-3-1;3*1-2;/h3-4,6-8,10H,1-2,5H2;3*1-2H3;1H4. The number of aromatic nitrogens is 1. The molecule has 23 heavy (non-hydrogen) atoms. The van der Waals surface area contributed by atoms with Crippen LogP contribution in [0.1, 0.15) is 67.4 Å². The Morgan fingerprint density at radius 2 is 1.65 bits per heavy atom. The molecule has 0 atom stereocenters. The number of aliphatic imine (C=N–C) groups is 1. The van der Waals surface area contributed by atoms with Crippen LogP contribution in [0.4, 0.5) is 5.69 Å². The molecule has 1 aromatic carbocycles. The van der Waals surface area contributed by atoms with E-state index in [-0.39, 0.29) is 7.43 Å². The van der Waals surface area contributed by atoms with Gasteiger partial charge in [-0.15, -0.1) is 0 Å². The van der Waals surface area contributed by atoms with Crippen molar-refractivity contribution >= 4 is 22.5 Å². The van der Waals surface area contributed by atoms with Gasteiger partial charge in [0.2, 0.25) is 0 Å². The molecule has 1 aliphatic rings. The van der Waals surface area contributed by atoms with E-state index in [1.54, 1.807) is 0 Å². The van der Waals surface area contributed by atoms with Gasteiger partial charge in [0.25, 0.3) is 0 Å². The molecule has 3 rings (SSSR count). The zero-order valence-corrected chi connectivity index (χ0v) is 15.0. The summed E-state index contributed by atoms with van der Waals surface area (Å²) in [6.45, 7) is 12.0. The minimum atomic E-state index is 0. The summed E-state index contributed by atoms with van der Waals surface area (Å²) < 4.78 is 0. The first-order valence-corrected chi connectivity index (χ1v) is 8.60. The summed E-state index contributed by atoms with van der Waals surface area (Å²) >= 11 is 0. The largest absolute Gasteiger partial charge is 0.254 e. The molecule has 0 bridgehead atoms. The van der Waals surface area contributed by atoms with Gasteiger partial charge >= 0.3 is 0 Å². The lowest BCUT2D eigenvalue weighted by molar-refractivity contribution is 0.844. The van der Waals surface area contributed by atoms with Gasteiger partial charge in [-0.1, -0.05) is 67.2 Å². The molecular formula is C21H34N2. The molecule has 0 spiro atoms. The Kier molecular flexibility index (Phi) is 15.2. The molecule has 1 aromatic heterocycles. The number of fused-ring (bicyclic) bond motifs is 3. The Morgan fingerprint density at radius 3 is 2.35 bits per heavy atom. The molecule has 2 heterocycles. The van der Waals surface area contributed by atoms with Crippen LogP contribution < -0.4 is 0 Å². The van der Waals surface area contributed by atoms with E-state index >= 15 is 0 Å². The van der Waals surface area contributed by atoms with Gasteiger partial charge in [-0.05, 0) is 42.8 Å². The van der Waals surface area contributed by atoms with Crippen molar-refractivity contribution in [2.45, 2.75) is 68.2 Å². The van der Waals surface area contributed by atoms with E-state index < -0.39 is 0 Å². The monoisotopic (exact) mass is 314 g/mol. The summed E-state index contributed by atoms with van der Waals surface area (Å²) in [6, 6.07) is 8.32. The molecular weight excluding hydrogens is 280 g/mol. The predicted molar refractivity (Wildman–Crippen MR) is 107 cm³/mol. The van der Waals surface area contributed by atoms with Crippen molar-refractivity contribution in [2.75, 3.05) is 0 Å². The van der Waals surface area contributed by atoms with Crippen LogP contribution in [0.5, 0.6) is 0 Å². The number of pyridine rings is 1. The average molecular weight is 315 g/mol. The quantitative estimate of drug-likeness (QED) is 0.507. The minimum Gasteiger partial charge on any atom is -0.254 e. The second-order valence-corrected chi connectivity index (χ2v) is 3.99. The lowest BCUT2D eigenvalue weighted by Gasteiger charge is -2.08. The summed E-state index contributed by atoms with van der Waals surface area (Å²) in [6.07, 6.45) is 7.12. The summed E-state index contributed by atoms with van der Waals surface area (Å²) in [4.78, 5) is 8.83. The van der Waals surface area contributed by atoms with E-state index in [0.717, 1.165) is 35.9 Å². The first kappa shape index (κ1) is 23.3. The van der Waals surface area contributed by atoms with Gasteiger partial charge in [-0.2, -0.15) is 0 Å². The van der Waals surface area contributed by atoms with Gasteiger partial charge in [-0.25, -0.2) is 4.99 Å². The van der Waals surface area contributed by atoms with Crippen molar-refractivity contribution < 1.29 is 0 Å². The third kappa shape index (κ3) is 6.80. The molecule has 2 heteroatoms. The topological polar surface area (TPSA) is 25.2 Å². The lowest BCUT2D eigenvalue weighted by Crippen LogP contribution is -1.90. The SMILES string of the molecule is C.C1=CCCCc2ccc3cccnc3c2N=1.CC.CC.CC. The molecule has 0 unspecified atom stereocenters. The maximum absolute atomic E-state index is 4.42. The maximum atomic E-state index is 4.42. The van der Waals surface area contributed by atoms with Crippen LogP contribution in [0, 0.1) is 0 Å². The molecule has 2 nitrogen and oxygen atoms in total. The number of allylic oxidation sites excluding steroid dienone is 1. The molecule has 0 fully saturated rings. The third-order valence-electron chi connectivity index (χ3n) is 2.89. The van der Waals surface area contributed by atoms with Crippen LogP contribution in [0.25, 0.3) is 10.9 Å². The van der Waals surface area contributed by atoms with Crippen molar-refractivity contribution in [3.8, 4) is 0 Å². The molecule has 128 valence electrons. The maximum Gasteiger partial charge on any atom is 0.102 e. The van der Waals surface area contributed by atoms with Crippen molar-refractivity contribution in [3.63, 3.8) is 0 Å². The molecule has 0 amide bonds. The first-order chi connectivity index (χ1) is 10.9. The van der Waals surface area contributed by atoms with E-state index in [9.17, 15) is 0 Å². The highest BCUT2D eigenvalue weighted by atomic mass is 14.8. The fraction of sp³-hybridized carbons (Fsp3) is 0.476. The predicted octanol–water partition coefficient (Wildman–Crippen LogP) is 7.14. The Morgan fingerprint density at radius 1 is 0.957 bits per heavy atom. The number of rotatable bonds is 0. The average Bonchev–Trinajstić information content (AvgIpc) is 2.60. The van der Waals surface area contributed by atoms with Gasteiger partial charge in [0.1, 0.15) is 5.69 Å². The number of benzene rings is 1. The third-order valence-corrected chi connectivity index (χ3v) is 2.89. The van der Waals surface area contributed by atoms with Gasteiger partial charge in [0.05, 0.1) is 5.52 Å². The summed E-state index contributed by atoms with van der Waals surface area (Å²) in [5.41, 5.74) is 3.27. The van der Waals surface area contributed by atoms with Crippen molar-refractivity contribution in [1.29, 1.82) is 0 Å². The zero-order chi connectivity index (χ0) is 16.8. The van der Waals surface area contributed by atoms with E-state index in [1.807, 2.05) is 59.9 Å². The zero-order valence-electron chi connectivity index (χ0n) is 15.0. The number of hydrogen-bond acceptors (Lipinski definition) is 2. The molecule has 1 aliphatic heterocycles. The van der Waals surface area contributed by atoms with E-state index in [0.29, 0.717) is 0 Å². The Hall–Kier alpha value is -1.92. The smallest absolute Gasteiger partial charge is 0.102 e. The van der Waals surface area contributed by atoms with Crippen molar-refractivity contribution in [2.24, 2.45) is 4.99 Å². The van der Waals surface area contributed by atoms with Crippen LogP contribution in [0.2, 0.25) is 0 Å². The Balaban J connectivity index is 0. The summed E-state index contributed by atoms with van der Waals surface area (Å²) in [5.74, 6) is 3.00.